The van der Waals surface area contributed by atoms with Crippen LogP contribution in [0, 0.1) is 0 Å². The van der Waals surface area contributed by atoms with Gasteiger partial charge in [-0.1, -0.05) is 145 Å². The zero-order valence-electron chi connectivity index (χ0n) is 29.9. The maximum absolute atomic E-state index is 2.46. The predicted molar refractivity (Wildman–Crippen MR) is 212 cm³/mol. The van der Waals surface area contributed by atoms with Crippen LogP contribution in [0.5, 0.6) is 0 Å². The van der Waals surface area contributed by atoms with E-state index in [0.717, 1.165) is 5.69 Å². The molecule has 0 atom stereocenters. The van der Waals surface area contributed by atoms with Crippen LogP contribution in [0.1, 0.15) is 74.9 Å². The molecule has 0 aromatic heterocycles. The van der Waals surface area contributed by atoms with E-state index < -0.39 is 0 Å². The summed E-state index contributed by atoms with van der Waals surface area (Å²) >= 11 is 0. The van der Waals surface area contributed by atoms with Gasteiger partial charge in [0, 0.05) is 33.3 Å². The number of benzene rings is 7. The Morgan fingerprint density at radius 3 is 1.62 bits per heavy atom. The van der Waals surface area contributed by atoms with Gasteiger partial charge < -0.3 is 4.90 Å². The number of rotatable bonds is 5. The van der Waals surface area contributed by atoms with E-state index in [1.807, 2.05) is 0 Å². The van der Waals surface area contributed by atoms with Gasteiger partial charge in [0.05, 0.1) is 0 Å². The fraction of sp³-hybridized carbons (Fsp3) is 0.184. The summed E-state index contributed by atoms with van der Waals surface area (Å²) in [5.41, 5.74) is 16.8. The second kappa shape index (κ2) is 10.8. The van der Waals surface area contributed by atoms with Crippen molar-refractivity contribution in [2.24, 2.45) is 0 Å². The molecule has 0 radical (unpaired) electrons. The third-order valence-corrected chi connectivity index (χ3v) is 12.0. The molecule has 244 valence electrons. The molecule has 7 aromatic rings. The van der Waals surface area contributed by atoms with E-state index in [0.29, 0.717) is 0 Å². The topological polar surface area (TPSA) is 3.24 Å². The van der Waals surface area contributed by atoms with E-state index in [2.05, 4.69) is 198 Å². The summed E-state index contributed by atoms with van der Waals surface area (Å²) < 4.78 is 0. The Balaban J connectivity index is 1.22. The zero-order chi connectivity index (χ0) is 34.4. The van der Waals surface area contributed by atoms with Crippen LogP contribution >= 0.6 is 0 Å². The average molecular weight is 646 g/mol. The molecule has 0 saturated carbocycles. The van der Waals surface area contributed by atoms with Gasteiger partial charge in [-0.3, -0.25) is 0 Å². The molecule has 0 spiro atoms. The zero-order valence-corrected chi connectivity index (χ0v) is 29.9. The molecule has 2 aliphatic carbocycles. The predicted octanol–water partition coefficient (Wildman–Crippen LogP) is 13.2. The largest absolute Gasteiger partial charge is 0.310 e. The highest BCUT2D eigenvalue weighted by molar-refractivity contribution is 5.95. The first-order valence-electron chi connectivity index (χ1n) is 17.9. The van der Waals surface area contributed by atoms with Crippen LogP contribution in [-0.4, -0.2) is 0 Å². The summed E-state index contributed by atoms with van der Waals surface area (Å²) in [7, 11) is 0. The van der Waals surface area contributed by atoms with Crippen LogP contribution in [0.4, 0.5) is 17.1 Å². The Morgan fingerprint density at radius 2 is 0.880 bits per heavy atom. The van der Waals surface area contributed by atoms with Crippen LogP contribution in [-0.2, 0) is 16.2 Å². The highest BCUT2D eigenvalue weighted by Gasteiger charge is 2.38. The normalized spacial score (nSPS) is 14.9. The Labute approximate surface area is 296 Å². The SMILES string of the molecule is CC(C)(c1ccccc1)c1ccc(N(c2ccc3c(c2)-c2cc4ccccc4cc2C3(C)C)c2ccc3c(c2)C(C)(C)c2ccccc2-3)cc1. The molecule has 0 saturated heterocycles. The minimum absolute atomic E-state index is 0.0773. The van der Waals surface area contributed by atoms with Gasteiger partial charge in [0.2, 0.25) is 0 Å². The van der Waals surface area contributed by atoms with Gasteiger partial charge in [-0.05, 0) is 115 Å². The Bertz CT molecular complexity index is 2440. The summed E-state index contributed by atoms with van der Waals surface area (Å²) in [6, 6.07) is 56.8. The molecule has 2 aliphatic rings. The summed E-state index contributed by atoms with van der Waals surface area (Å²) in [5, 5.41) is 2.59. The molecular formula is C49H43N. The molecule has 9 rings (SSSR count). The standard InChI is InChI=1S/C49H43N/c1-47(2,34-16-8-7-9-17-34)35-20-22-36(23-21-35)50(38-24-26-40-39-18-12-13-19-43(39)48(3,4)46(40)31-38)37-25-27-44-42(30-37)41-28-32-14-10-11-15-33(32)29-45(41)49(44,5)6/h7-31H,1-6H3. The van der Waals surface area contributed by atoms with Gasteiger partial charge in [0.1, 0.15) is 0 Å². The number of hydrogen-bond acceptors (Lipinski definition) is 1. The van der Waals surface area contributed by atoms with Crippen LogP contribution in [0.2, 0.25) is 0 Å². The van der Waals surface area contributed by atoms with Crippen LogP contribution in [0.15, 0.2) is 152 Å². The lowest BCUT2D eigenvalue weighted by atomic mass is 9.78. The van der Waals surface area contributed by atoms with E-state index in [9.17, 15) is 0 Å². The number of fused-ring (bicyclic) bond motifs is 7. The van der Waals surface area contributed by atoms with Gasteiger partial charge in [-0.2, -0.15) is 0 Å². The molecule has 0 unspecified atom stereocenters. The van der Waals surface area contributed by atoms with E-state index in [1.165, 1.54) is 77.8 Å². The van der Waals surface area contributed by atoms with E-state index in [1.54, 1.807) is 0 Å². The van der Waals surface area contributed by atoms with Crippen molar-refractivity contribution in [3.05, 3.63) is 185 Å². The lowest BCUT2D eigenvalue weighted by Crippen LogP contribution is -2.19. The van der Waals surface area contributed by atoms with Gasteiger partial charge >= 0.3 is 0 Å². The Hall–Kier alpha value is -5.40. The number of hydrogen-bond donors (Lipinski definition) is 0. The fourth-order valence-electron chi connectivity index (χ4n) is 8.89. The minimum atomic E-state index is -0.111. The lowest BCUT2D eigenvalue weighted by molar-refractivity contribution is 0.641. The average Bonchev–Trinajstić information content (AvgIpc) is 3.50. The molecular weight excluding hydrogens is 603 g/mol. The lowest BCUT2D eigenvalue weighted by Gasteiger charge is -2.30. The van der Waals surface area contributed by atoms with Gasteiger partial charge in [-0.25, -0.2) is 0 Å². The van der Waals surface area contributed by atoms with Crippen molar-refractivity contribution in [1.82, 2.24) is 0 Å². The smallest absolute Gasteiger partial charge is 0.0468 e. The fourth-order valence-corrected chi connectivity index (χ4v) is 8.89. The van der Waals surface area contributed by atoms with Crippen LogP contribution < -0.4 is 4.90 Å². The molecule has 1 nitrogen and oxygen atoms in total. The third kappa shape index (κ3) is 4.46. The second-order valence-corrected chi connectivity index (χ2v) is 15.9. The minimum Gasteiger partial charge on any atom is -0.310 e. The first kappa shape index (κ1) is 30.6. The van der Waals surface area contributed by atoms with Crippen molar-refractivity contribution in [2.75, 3.05) is 4.90 Å². The molecule has 0 heterocycles. The van der Waals surface area contributed by atoms with E-state index >= 15 is 0 Å². The maximum Gasteiger partial charge on any atom is 0.0468 e. The Morgan fingerprint density at radius 1 is 0.380 bits per heavy atom. The molecule has 0 aliphatic heterocycles. The first-order valence-corrected chi connectivity index (χ1v) is 17.9. The van der Waals surface area contributed by atoms with Gasteiger partial charge in [0.15, 0.2) is 0 Å². The number of anilines is 3. The van der Waals surface area contributed by atoms with Gasteiger partial charge in [0.25, 0.3) is 0 Å². The summed E-state index contributed by atoms with van der Waals surface area (Å²) in [6.45, 7) is 14.1. The summed E-state index contributed by atoms with van der Waals surface area (Å²) in [5.74, 6) is 0. The molecule has 1 heteroatoms. The van der Waals surface area contributed by atoms with Crippen molar-refractivity contribution in [2.45, 2.75) is 57.8 Å². The molecule has 50 heavy (non-hydrogen) atoms. The maximum atomic E-state index is 2.46. The third-order valence-electron chi connectivity index (χ3n) is 12.0. The van der Waals surface area contributed by atoms with Crippen LogP contribution in [0.25, 0.3) is 33.0 Å². The Kier molecular flexibility index (Phi) is 6.62. The van der Waals surface area contributed by atoms with Crippen molar-refractivity contribution < 1.29 is 0 Å². The summed E-state index contributed by atoms with van der Waals surface area (Å²) in [4.78, 5) is 2.46. The quantitative estimate of drug-likeness (QED) is 0.180. The molecule has 0 fully saturated rings. The van der Waals surface area contributed by atoms with E-state index in [-0.39, 0.29) is 16.2 Å². The molecule has 0 amide bonds. The second-order valence-electron chi connectivity index (χ2n) is 15.9. The van der Waals surface area contributed by atoms with Crippen molar-refractivity contribution in [1.29, 1.82) is 0 Å². The molecule has 7 aromatic carbocycles. The van der Waals surface area contributed by atoms with Crippen molar-refractivity contribution >= 4 is 27.8 Å². The summed E-state index contributed by atoms with van der Waals surface area (Å²) in [6.07, 6.45) is 0. The highest BCUT2D eigenvalue weighted by atomic mass is 15.1. The van der Waals surface area contributed by atoms with E-state index in [4.69, 9.17) is 0 Å². The number of nitrogens with zero attached hydrogens (tertiary/aromatic N) is 1. The van der Waals surface area contributed by atoms with Crippen LogP contribution in [0.3, 0.4) is 0 Å². The van der Waals surface area contributed by atoms with Gasteiger partial charge in [-0.15, -0.1) is 0 Å². The highest BCUT2D eigenvalue weighted by Crippen LogP contribution is 2.53. The monoisotopic (exact) mass is 645 g/mol. The van der Waals surface area contributed by atoms with Crippen molar-refractivity contribution in [3.8, 4) is 22.3 Å². The molecule has 0 bridgehead atoms. The first-order chi connectivity index (χ1) is 24.0. The van der Waals surface area contributed by atoms with Crippen molar-refractivity contribution in [3.63, 3.8) is 0 Å². The molecule has 0 N–H and O–H groups in total.